The van der Waals surface area contributed by atoms with E-state index in [0.717, 1.165) is 6.20 Å². The molecule has 0 aliphatic heterocycles. The summed E-state index contributed by atoms with van der Waals surface area (Å²) in [6.45, 7) is 0. The molecule has 0 fully saturated rings. The van der Waals surface area contributed by atoms with Gasteiger partial charge in [0.1, 0.15) is 6.42 Å². The summed E-state index contributed by atoms with van der Waals surface area (Å²) in [6, 6.07) is 2.61. The first kappa shape index (κ1) is 13.9. The maximum absolute atomic E-state index is 11.9. The summed E-state index contributed by atoms with van der Waals surface area (Å²) in [5.41, 5.74) is 0.328. The number of halogens is 3. The number of aliphatic carboxylic acids is 1. The van der Waals surface area contributed by atoms with Crippen molar-refractivity contribution >= 4 is 17.6 Å². The zero-order valence-corrected chi connectivity index (χ0v) is 8.99. The van der Waals surface area contributed by atoms with E-state index in [-0.39, 0.29) is 17.8 Å². The number of rotatable bonds is 4. The Kier molecular flexibility index (Phi) is 4.24. The van der Waals surface area contributed by atoms with Crippen molar-refractivity contribution in [2.24, 2.45) is 0 Å². The fourth-order valence-corrected chi connectivity index (χ4v) is 1.15. The van der Waals surface area contributed by atoms with E-state index >= 15 is 0 Å². The van der Waals surface area contributed by atoms with Gasteiger partial charge in [-0.25, -0.2) is 0 Å². The van der Waals surface area contributed by atoms with Crippen molar-refractivity contribution in [2.75, 3.05) is 5.32 Å². The second-order valence-electron chi connectivity index (χ2n) is 3.45. The molecular formula is C10H9F3N2O3. The number of carboxylic acid groups (broad SMARTS) is 1. The van der Waals surface area contributed by atoms with Crippen molar-refractivity contribution in [3.8, 4) is 0 Å². The van der Waals surface area contributed by atoms with E-state index in [4.69, 9.17) is 5.11 Å². The molecule has 0 atom stereocenters. The average molecular weight is 262 g/mol. The van der Waals surface area contributed by atoms with Gasteiger partial charge in [0.15, 0.2) is 0 Å². The molecule has 0 unspecified atom stereocenters. The summed E-state index contributed by atoms with van der Waals surface area (Å²) >= 11 is 0. The highest BCUT2D eigenvalue weighted by Crippen LogP contribution is 2.20. The molecule has 1 heterocycles. The van der Waals surface area contributed by atoms with Crippen LogP contribution in [0.5, 0.6) is 0 Å². The minimum atomic E-state index is -4.57. The molecule has 0 spiro atoms. The molecule has 0 saturated carbocycles. The van der Waals surface area contributed by atoms with Crippen LogP contribution in [0.25, 0.3) is 0 Å². The van der Waals surface area contributed by atoms with Gasteiger partial charge in [-0.1, -0.05) is 0 Å². The van der Waals surface area contributed by atoms with Gasteiger partial charge >= 0.3 is 12.1 Å². The van der Waals surface area contributed by atoms with Crippen LogP contribution in [0, 0.1) is 0 Å². The van der Waals surface area contributed by atoms with Crippen LogP contribution in [-0.4, -0.2) is 28.1 Å². The van der Waals surface area contributed by atoms with E-state index < -0.39 is 24.5 Å². The Morgan fingerprint density at radius 2 is 2.00 bits per heavy atom. The van der Waals surface area contributed by atoms with Crippen LogP contribution < -0.4 is 5.32 Å². The monoisotopic (exact) mass is 262 g/mol. The maximum atomic E-state index is 11.9. The molecule has 0 bridgehead atoms. The normalized spacial score (nSPS) is 11.1. The van der Waals surface area contributed by atoms with E-state index in [0.29, 0.717) is 0 Å². The van der Waals surface area contributed by atoms with Gasteiger partial charge in [-0.2, -0.15) is 13.2 Å². The van der Waals surface area contributed by atoms with Gasteiger partial charge in [0.05, 0.1) is 24.0 Å². The lowest BCUT2D eigenvalue weighted by Crippen LogP contribution is -2.21. The van der Waals surface area contributed by atoms with Crippen molar-refractivity contribution < 1.29 is 27.9 Å². The number of nitrogens with one attached hydrogen (secondary N) is 1. The molecule has 1 aromatic rings. The topological polar surface area (TPSA) is 79.3 Å². The van der Waals surface area contributed by atoms with E-state index in [9.17, 15) is 22.8 Å². The lowest BCUT2D eigenvalue weighted by atomic mass is 10.2. The van der Waals surface area contributed by atoms with Gasteiger partial charge in [-0.3, -0.25) is 14.6 Å². The molecule has 2 N–H and O–H groups in total. The number of aromatic nitrogens is 1. The molecule has 0 radical (unpaired) electrons. The highest BCUT2D eigenvalue weighted by atomic mass is 19.4. The smallest absolute Gasteiger partial charge is 0.397 e. The third-order valence-electron chi connectivity index (χ3n) is 1.80. The number of pyridine rings is 1. The number of anilines is 1. The molecule has 0 aliphatic carbocycles. The van der Waals surface area contributed by atoms with E-state index in [1.807, 2.05) is 5.32 Å². The third kappa shape index (κ3) is 5.28. The molecule has 1 rings (SSSR count). The fourth-order valence-electron chi connectivity index (χ4n) is 1.15. The Labute approximate surface area is 99.6 Å². The lowest BCUT2D eigenvalue weighted by molar-refractivity contribution is -0.150. The van der Waals surface area contributed by atoms with Crippen LogP contribution in [0.1, 0.15) is 12.1 Å². The van der Waals surface area contributed by atoms with Crippen LogP contribution in [0.4, 0.5) is 18.9 Å². The van der Waals surface area contributed by atoms with Crippen LogP contribution in [-0.2, 0) is 16.0 Å². The highest BCUT2D eigenvalue weighted by molar-refractivity contribution is 5.90. The summed E-state index contributed by atoms with van der Waals surface area (Å²) in [4.78, 5) is 25.0. The first-order valence-corrected chi connectivity index (χ1v) is 4.79. The van der Waals surface area contributed by atoms with Crippen LogP contribution in [0.3, 0.4) is 0 Å². The molecular weight excluding hydrogens is 253 g/mol. The summed E-state index contributed by atoms with van der Waals surface area (Å²) in [7, 11) is 0. The number of hydrogen-bond donors (Lipinski definition) is 2. The number of carboxylic acids is 1. The van der Waals surface area contributed by atoms with Crippen molar-refractivity contribution in [1.82, 2.24) is 4.98 Å². The number of carbonyl (C=O) groups excluding carboxylic acids is 1. The zero-order chi connectivity index (χ0) is 13.8. The third-order valence-corrected chi connectivity index (χ3v) is 1.80. The first-order valence-electron chi connectivity index (χ1n) is 4.79. The molecule has 1 amide bonds. The first-order chi connectivity index (χ1) is 8.26. The Hall–Kier alpha value is -2.12. The molecule has 0 saturated heterocycles. The van der Waals surface area contributed by atoms with Gasteiger partial charge in [-0.15, -0.1) is 0 Å². The van der Waals surface area contributed by atoms with Gasteiger partial charge in [0, 0.05) is 0 Å². The second-order valence-corrected chi connectivity index (χ2v) is 3.45. The quantitative estimate of drug-likeness (QED) is 0.863. The Bertz CT molecular complexity index is 443. The van der Waals surface area contributed by atoms with Crippen LogP contribution in [0.15, 0.2) is 18.3 Å². The van der Waals surface area contributed by atoms with Crippen LogP contribution in [0.2, 0.25) is 0 Å². The van der Waals surface area contributed by atoms with Crippen molar-refractivity contribution in [2.45, 2.75) is 19.0 Å². The van der Waals surface area contributed by atoms with Gasteiger partial charge in [0.2, 0.25) is 5.91 Å². The summed E-state index contributed by atoms with van der Waals surface area (Å²) in [5.74, 6) is -2.27. The predicted octanol–water partition coefficient (Wildman–Crippen LogP) is 1.60. The zero-order valence-electron chi connectivity index (χ0n) is 8.99. The molecule has 18 heavy (non-hydrogen) atoms. The maximum Gasteiger partial charge on any atom is 0.397 e. The van der Waals surface area contributed by atoms with Crippen molar-refractivity contribution in [3.63, 3.8) is 0 Å². The van der Waals surface area contributed by atoms with Crippen molar-refractivity contribution in [1.29, 1.82) is 0 Å². The standard InChI is InChI=1S/C10H9F3N2O3/c11-10(12,13)4-8(16)15-7-2-1-6(14-5-7)3-9(17)18/h1-2,5H,3-4H2,(H,15,16)(H,17,18). The summed E-state index contributed by atoms with van der Waals surface area (Å²) in [6.07, 6.45) is -5.34. The lowest BCUT2D eigenvalue weighted by Gasteiger charge is -2.07. The molecule has 5 nitrogen and oxygen atoms in total. The average Bonchev–Trinajstić information content (AvgIpc) is 2.17. The Balaban J connectivity index is 2.58. The van der Waals surface area contributed by atoms with Crippen molar-refractivity contribution in [3.05, 3.63) is 24.0 Å². The number of carbonyl (C=O) groups is 2. The minimum Gasteiger partial charge on any atom is -0.481 e. The molecule has 0 aromatic carbocycles. The molecule has 8 heteroatoms. The number of nitrogens with zero attached hydrogens (tertiary/aromatic N) is 1. The van der Waals surface area contributed by atoms with Gasteiger partial charge < -0.3 is 10.4 Å². The highest BCUT2D eigenvalue weighted by Gasteiger charge is 2.31. The number of hydrogen-bond acceptors (Lipinski definition) is 3. The summed E-state index contributed by atoms with van der Waals surface area (Å²) < 4.78 is 35.6. The van der Waals surface area contributed by atoms with E-state index in [1.54, 1.807) is 0 Å². The van der Waals surface area contributed by atoms with E-state index in [1.165, 1.54) is 12.1 Å². The minimum absolute atomic E-state index is 0.0818. The molecule has 1 aromatic heterocycles. The van der Waals surface area contributed by atoms with Gasteiger partial charge in [-0.05, 0) is 12.1 Å². The molecule has 98 valence electrons. The Morgan fingerprint density at radius 1 is 1.33 bits per heavy atom. The predicted molar refractivity (Wildman–Crippen MR) is 54.9 cm³/mol. The second kappa shape index (κ2) is 5.48. The SMILES string of the molecule is O=C(O)Cc1ccc(NC(=O)CC(F)(F)F)cn1. The molecule has 0 aliphatic rings. The van der Waals surface area contributed by atoms with E-state index in [2.05, 4.69) is 4.98 Å². The van der Waals surface area contributed by atoms with Crippen LogP contribution >= 0.6 is 0 Å². The number of alkyl halides is 3. The largest absolute Gasteiger partial charge is 0.481 e. The summed E-state index contributed by atoms with van der Waals surface area (Å²) in [5, 5.41) is 10.5. The number of amides is 1. The Morgan fingerprint density at radius 3 is 2.44 bits per heavy atom. The van der Waals surface area contributed by atoms with Gasteiger partial charge in [0.25, 0.3) is 0 Å². The fraction of sp³-hybridized carbons (Fsp3) is 0.300.